The Balaban J connectivity index is 1.28. The molecule has 0 unspecified atom stereocenters. The third-order valence-electron chi connectivity index (χ3n) is 5.88. The number of anilines is 2. The van der Waals surface area contributed by atoms with Gasteiger partial charge in [-0.15, -0.1) is 0 Å². The van der Waals surface area contributed by atoms with E-state index in [2.05, 4.69) is 31.8 Å². The molecule has 6 nitrogen and oxygen atoms in total. The molecule has 28 heavy (non-hydrogen) atoms. The van der Waals surface area contributed by atoms with Crippen molar-refractivity contribution >= 4 is 17.3 Å². The van der Waals surface area contributed by atoms with E-state index in [1.54, 1.807) is 7.11 Å². The highest BCUT2D eigenvalue weighted by Crippen LogP contribution is 2.26. The van der Waals surface area contributed by atoms with E-state index in [1.807, 2.05) is 36.7 Å². The molecule has 2 saturated heterocycles. The molecule has 0 N–H and O–H groups in total. The second-order valence-electron chi connectivity index (χ2n) is 7.48. The van der Waals surface area contributed by atoms with Gasteiger partial charge in [0.25, 0.3) is 0 Å². The van der Waals surface area contributed by atoms with Crippen LogP contribution >= 0.6 is 0 Å². The lowest BCUT2D eigenvalue weighted by molar-refractivity contribution is -0.136. The average Bonchev–Trinajstić information content (AvgIpc) is 2.79. The highest BCUT2D eigenvalue weighted by atomic mass is 16.5. The third kappa shape index (κ3) is 4.06. The molecule has 2 aliphatic heterocycles. The molecule has 0 spiro atoms. The van der Waals surface area contributed by atoms with Gasteiger partial charge in [0.1, 0.15) is 5.75 Å². The van der Waals surface area contributed by atoms with Crippen molar-refractivity contribution in [1.82, 2.24) is 9.88 Å². The molecule has 2 fully saturated rings. The number of carbonyl (C=O) groups excluding carboxylic acids is 1. The van der Waals surface area contributed by atoms with Crippen LogP contribution in [0.15, 0.2) is 48.8 Å². The Kier molecular flexibility index (Phi) is 5.65. The van der Waals surface area contributed by atoms with Gasteiger partial charge in [0.05, 0.1) is 7.11 Å². The number of piperazine rings is 1. The summed E-state index contributed by atoms with van der Waals surface area (Å²) in [6.07, 6.45) is 5.51. The molecule has 0 atom stereocenters. The number of nitrogens with zero attached hydrogens (tertiary/aromatic N) is 4. The van der Waals surface area contributed by atoms with Crippen LogP contribution in [0, 0.1) is 5.92 Å². The first kappa shape index (κ1) is 18.6. The maximum absolute atomic E-state index is 13.0. The third-order valence-corrected chi connectivity index (χ3v) is 5.88. The van der Waals surface area contributed by atoms with Gasteiger partial charge in [-0.2, -0.15) is 0 Å². The first-order chi connectivity index (χ1) is 13.7. The molecular formula is C22H28N4O2. The molecule has 1 amide bonds. The van der Waals surface area contributed by atoms with Gasteiger partial charge < -0.3 is 19.4 Å². The molecule has 1 aromatic heterocycles. The summed E-state index contributed by atoms with van der Waals surface area (Å²) in [7, 11) is 1.69. The summed E-state index contributed by atoms with van der Waals surface area (Å²) in [5, 5.41) is 0. The minimum Gasteiger partial charge on any atom is -0.497 e. The summed E-state index contributed by atoms with van der Waals surface area (Å²) in [5.41, 5.74) is 2.37. The molecule has 0 saturated carbocycles. The van der Waals surface area contributed by atoms with Gasteiger partial charge in [-0.05, 0) is 37.1 Å². The second kappa shape index (κ2) is 8.50. The fourth-order valence-electron chi connectivity index (χ4n) is 4.19. The van der Waals surface area contributed by atoms with Crippen molar-refractivity contribution in [3.8, 4) is 5.75 Å². The average molecular weight is 380 g/mol. The van der Waals surface area contributed by atoms with E-state index in [9.17, 15) is 4.79 Å². The van der Waals surface area contributed by atoms with Gasteiger partial charge in [0.15, 0.2) is 0 Å². The summed E-state index contributed by atoms with van der Waals surface area (Å²) in [5.74, 6) is 1.36. The Hall–Kier alpha value is -2.76. The maximum atomic E-state index is 13.0. The summed E-state index contributed by atoms with van der Waals surface area (Å²) in [6, 6.07) is 12.2. The van der Waals surface area contributed by atoms with Crippen molar-refractivity contribution in [1.29, 1.82) is 0 Å². The fraction of sp³-hybridized carbons (Fsp3) is 0.455. The van der Waals surface area contributed by atoms with Crippen molar-refractivity contribution in [3.05, 3.63) is 48.8 Å². The normalized spacial score (nSPS) is 18.2. The number of methoxy groups -OCH3 is 1. The molecule has 0 bridgehead atoms. The zero-order valence-electron chi connectivity index (χ0n) is 16.5. The lowest BCUT2D eigenvalue weighted by atomic mass is 9.94. The number of amides is 1. The predicted molar refractivity (Wildman–Crippen MR) is 111 cm³/mol. The molecular weight excluding hydrogens is 352 g/mol. The predicted octanol–water partition coefficient (Wildman–Crippen LogP) is 2.66. The monoisotopic (exact) mass is 380 g/mol. The van der Waals surface area contributed by atoms with Crippen molar-refractivity contribution in [2.45, 2.75) is 12.8 Å². The van der Waals surface area contributed by atoms with Crippen molar-refractivity contribution < 1.29 is 9.53 Å². The second-order valence-corrected chi connectivity index (χ2v) is 7.48. The van der Waals surface area contributed by atoms with Crippen LogP contribution in [0.4, 0.5) is 11.4 Å². The zero-order valence-corrected chi connectivity index (χ0v) is 16.5. The Morgan fingerprint density at radius 1 is 0.929 bits per heavy atom. The van der Waals surface area contributed by atoms with E-state index in [0.29, 0.717) is 5.91 Å². The Bertz CT molecular complexity index is 782. The van der Waals surface area contributed by atoms with Gasteiger partial charge in [0.2, 0.25) is 5.91 Å². The molecule has 1 aromatic carbocycles. The number of ether oxygens (including phenoxy) is 1. The first-order valence-corrected chi connectivity index (χ1v) is 10.1. The Morgan fingerprint density at radius 3 is 2.29 bits per heavy atom. The zero-order chi connectivity index (χ0) is 19.3. The standard InChI is InChI=1S/C22H28N4O2/c1-28-21-4-2-3-20(17-21)25-13-15-26(16-14-25)22(27)18-7-11-24(12-8-18)19-5-9-23-10-6-19/h2-6,9-10,17-18H,7-8,11-16H2,1H3. The minimum absolute atomic E-state index is 0.154. The van der Waals surface area contributed by atoms with E-state index >= 15 is 0 Å². The number of carbonyl (C=O) groups is 1. The largest absolute Gasteiger partial charge is 0.497 e. The SMILES string of the molecule is COc1cccc(N2CCN(C(=O)C3CCN(c4ccncc4)CC3)CC2)c1. The van der Waals surface area contributed by atoms with Crippen LogP contribution in [0.25, 0.3) is 0 Å². The minimum atomic E-state index is 0.154. The molecule has 2 aliphatic rings. The van der Waals surface area contributed by atoms with Crippen molar-refractivity contribution in [2.75, 3.05) is 56.2 Å². The number of piperidine rings is 1. The van der Waals surface area contributed by atoms with Crippen LogP contribution in [0.1, 0.15) is 12.8 Å². The van der Waals surface area contributed by atoms with Crippen LogP contribution in [-0.2, 0) is 4.79 Å². The number of hydrogen-bond acceptors (Lipinski definition) is 5. The van der Waals surface area contributed by atoms with E-state index in [-0.39, 0.29) is 5.92 Å². The van der Waals surface area contributed by atoms with E-state index < -0.39 is 0 Å². The van der Waals surface area contributed by atoms with Gasteiger partial charge >= 0.3 is 0 Å². The van der Waals surface area contributed by atoms with Crippen LogP contribution < -0.4 is 14.5 Å². The number of hydrogen-bond donors (Lipinski definition) is 0. The van der Waals surface area contributed by atoms with E-state index in [1.165, 1.54) is 5.69 Å². The molecule has 3 heterocycles. The molecule has 6 heteroatoms. The Morgan fingerprint density at radius 2 is 1.61 bits per heavy atom. The van der Waals surface area contributed by atoms with Crippen molar-refractivity contribution in [3.63, 3.8) is 0 Å². The van der Waals surface area contributed by atoms with Gasteiger partial charge in [-0.25, -0.2) is 0 Å². The highest BCUT2D eigenvalue weighted by molar-refractivity contribution is 5.79. The smallest absolute Gasteiger partial charge is 0.225 e. The van der Waals surface area contributed by atoms with Crippen LogP contribution in [0.5, 0.6) is 5.75 Å². The van der Waals surface area contributed by atoms with Crippen molar-refractivity contribution in [2.24, 2.45) is 5.92 Å². The first-order valence-electron chi connectivity index (χ1n) is 10.1. The molecule has 2 aromatic rings. The van der Waals surface area contributed by atoms with Crippen LogP contribution in [-0.4, -0.2) is 62.2 Å². The maximum Gasteiger partial charge on any atom is 0.225 e. The molecule has 0 radical (unpaired) electrons. The van der Waals surface area contributed by atoms with Gasteiger partial charge in [-0.1, -0.05) is 6.07 Å². The summed E-state index contributed by atoms with van der Waals surface area (Å²) in [4.78, 5) is 23.8. The molecule has 4 rings (SSSR count). The topological polar surface area (TPSA) is 48.9 Å². The highest BCUT2D eigenvalue weighted by Gasteiger charge is 2.30. The summed E-state index contributed by atoms with van der Waals surface area (Å²) in [6.45, 7) is 5.19. The number of rotatable bonds is 4. The van der Waals surface area contributed by atoms with Gasteiger partial charge in [0, 0.05) is 75.0 Å². The fourth-order valence-corrected chi connectivity index (χ4v) is 4.19. The number of pyridine rings is 1. The van der Waals surface area contributed by atoms with Gasteiger partial charge in [-0.3, -0.25) is 9.78 Å². The van der Waals surface area contributed by atoms with Crippen LogP contribution in [0.2, 0.25) is 0 Å². The number of benzene rings is 1. The Labute approximate surface area is 166 Å². The quantitative estimate of drug-likeness (QED) is 0.816. The lowest BCUT2D eigenvalue weighted by Crippen LogP contribution is -2.51. The molecule has 148 valence electrons. The van der Waals surface area contributed by atoms with E-state index in [4.69, 9.17) is 4.74 Å². The van der Waals surface area contributed by atoms with Crippen LogP contribution in [0.3, 0.4) is 0 Å². The van der Waals surface area contributed by atoms with E-state index in [0.717, 1.165) is 63.5 Å². The summed E-state index contributed by atoms with van der Waals surface area (Å²) >= 11 is 0. The summed E-state index contributed by atoms with van der Waals surface area (Å²) < 4.78 is 5.33. The molecule has 0 aliphatic carbocycles. The lowest BCUT2D eigenvalue weighted by Gasteiger charge is -2.39. The number of aromatic nitrogens is 1.